The van der Waals surface area contributed by atoms with Crippen LogP contribution in [0.3, 0.4) is 0 Å². The fourth-order valence-electron chi connectivity index (χ4n) is 2.21. The smallest absolute Gasteiger partial charge is 0.234 e. The zero-order valence-corrected chi connectivity index (χ0v) is 9.85. The first-order chi connectivity index (χ1) is 8.29. The molecule has 3 rings (SSSR count). The summed E-state index contributed by atoms with van der Waals surface area (Å²) in [5.74, 6) is 2.41. The molecule has 1 aliphatic heterocycles. The van der Waals surface area contributed by atoms with Crippen molar-refractivity contribution in [1.82, 2.24) is 4.98 Å². The average molecular weight is 233 g/mol. The fourth-order valence-corrected chi connectivity index (χ4v) is 2.21. The molecular weight excluding hydrogens is 218 g/mol. The number of hydrogen-bond acceptors (Lipinski definition) is 5. The van der Waals surface area contributed by atoms with Crippen LogP contribution in [0.4, 0.5) is 5.88 Å². The molecule has 0 aromatic carbocycles. The number of aromatic nitrogens is 1. The molecule has 0 spiro atoms. The SMILES string of the molecule is CC1CC1c1nc(C#N)c(N2CCOCC2)o1. The van der Waals surface area contributed by atoms with Crippen LogP contribution in [0.25, 0.3) is 0 Å². The first-order valence-electron chi connectivity index (χ1n) is 6.03. The number of rotatable bonds is 2. The Morgan fingerprint density at radius 2 is 2.12 bits per heavy atom. The summed E-state index contributed by atoms with van der Waals surface area (Å²) in [5.41, 5.74) is 0.418. The second kappa shape index (κ2) is 4.04. The van der Waals surface area contributed by atoms with Crippen molar-refractivity contribution in [1.29, 1.82) is 5.26 Å². The Morgan fingerprint density at radius 1 is 1.41 bits per heavy atom. The second-order valence-electron chi connectivity index (χ2n) is 4.74. The van der Waals surface area contributed by atoms with Crippen LogP contribution >= 0.6 is 0 Å². The van der Waals surface area contributed by atoms with Gasteiger partial charge in [-0.25, -0.2) is 4.98 Å². The van der Waals surface area contributed by atoms with E-state index in [4.69, 9.17) is 14.4 Å². The lowest BCUT2D eigenvalue weighted by atomic mass is 10.3. The minimum atomic E-state index is 0.414. The Labute approximate surface area is 100.0 Å². The maximum absolute atomic E-state index is 9.10. The van der Waals surface area contributed by atoms with Crippen LogP contribution in [0.15, 0.2) is 4.42 Å². The minimum absolute atomic E-state index is 0.414. The predicted octanol–water partition coefficient (Wildman–Crippen LogP) is 1.51. The molecule has 2 fully saturated rings. The van der Waals surface area contributed by atoms with Gasteiger partial charge in [0.1, 0.15) is 6.07 Å². The first-order valence-corrected chi connectivity index (χ1v) is 6.03. The Bertz CT molecular complexity index is 457. The van der Waals surface area contributed by atoms with Gasteiger partial charge in [0.05, 0.1) is 13.2 Å². The molecule has 5 nitrogen and oxygen atoms in total. The molecule has 0 radical (unpaired) electrons. The molecule has 2 atom stereocenters. The van der Waals surface area contributed by atoms with Crippen molar-refractivity contribution in [2.75, 3.05) is 31.2 Å². The second-order valence-corrected chi connectivity index (χ2v) is 4.74. The number of morpholine rings is 1. The van der Waals surface area contributed by atoms with Crippen molar-refractivity contribution in [3.8, 4) is 6.07 Å². The van der Waals surface area contributed by atoms with E-state index < -0.39 is 0 Å². The predicted molar refractivity (Wildman–Crippen MR) is 60.8 cm³/mol. The normalized spacial score (nSPS) is 27.9. The van der Waals surface area contributed by atoms with Gasteiger partial charge >= 0.3 is 0 Å². The van der Waals surface area contributed by atoms with Crippen LogP contribution < -0.4 is 4.90 Å². The topological polar surface area (TPSA) is 62.3 Å². The summed E-state index contributed by atoms with van der Waals surface area (Å²) in [7, 11) is 0. The Kier molecular flexibility index (Phi) is 2.52. The lowest BCUT2D eigenvalue weighted by Crippen LogP contribution is -2.36. The zero-order valence-electron chi connectivity index (χ0n) is 9.85. The maximum atomic E-state index is 9.10. The molecule has 2 aliphatic rings. The van der Waals surface area contributed by atoms with E-state index in [1.807, 2.05) is 4.90 Å². The quantitative estimate of drug-likeness (QED) is 0.774. The summed E-state index contributed by atoms with van der Waals surface area (Å²) in [6.45, 7) is 5.07. The van der Waals surface area contributed by atoms with Gasteiger partial charge < -0.3 is 14.1 Å². The van der Waals surface area contributed by atoms with Gasteiger partial charge in [0, 0.05) is 19.0 Å². The molecule has 1 aromatic rings. The van der Waals surface area contributed by atoms with Gasteiger partial charge in [0.15, 0.2) is 0 Å². The van der Waals surface area contributed by atoms with E-state index >= 15 is 0 Å². The van der Waals surface area contributed by atoms with E-state index in [9.17, 15) is 0 Å². The van der Waals surface area contributed by atoms with Crippen LogP contribution in [-0.2, 0) is 4.74 Å². The molecule has 1 saturated heterocycles. The van der Waals surface area contributed by atoms with Gasteiger partial charge in [-0.3, -0.25) is 0 Å². The molecule has 0 N–H and O–H groups in total. The molecular formula is C12H15N3O2. The highest BCUT2D eigenvalue weighted by atomic mass is 16.5. The van der Waals surface area contributed by atoms with Gasteiger partial charge in [-0.2, -0.15) is 5.26 Å². The molecule has 0 bridgehead atoms. The van der Waals surface area contributed by atoms with Crippen molar-refractivity contribution < 1.29 is 9.15 Å². The number of oxazole rings is 1. The largest absolute Gasteiger partial charge is 0.423 e. The van der Waals surface area contributed by atoms with E-state index in [-0.39, 0.29) is 0 Å². The van der Waals surface area contributed by atoms with Crippen LogP contribution in [-0.4, -0.2) is 31.3 Å². The van der Waals surface area contributed by atoms with Crippen LogP contribution in [0.1, 0.15) is 30.8 Å². The zero-order chi connectivity index (χ0) is 11.8. The minimum Gasteiger partial charge on any atom is -0.423 e. The maximum Gasteiger partial charge on any atom is 0.234 e. The highest BCUT2D eigenvalue weighted by Crippen LogP contribution is 2.47. The van der Waals surface area contributed by atoms with Crippen molar-refractivity contribution >= 4 is 5.88 Å². The van der Waals surface area contributed by atoms with Crippen molar-refractivity contribution in [3.05, 3.63) is 11.6 Å². The molecule has 2 unspecified atom stereocenters. The molecule has 1 saturated carbocycles. The number of anilines is 1. The first kappa shape index (κ1) is 10.6. The number of nitrogens with zero attached hydrogens (tertiary/aromatic N) is 3. The van der Waals surface area contributed by atoms with Crippen molar-refractivity contribution in [3.63, 3.8) is 0 Å². The third-order valence-electron chi connectivity index (χ3n) is 3.46. The molecule has 1 aliphatic carbocycles. The molecule has 5 heteroatoms. The van der Waals surface area contributed by atoms with Gasteiger partial charge in [-0.1, -0.05) is 6.92 Å². The standard InChI is InChI=1S/C12H15N3O2/c1-8-6-9(8)11-14-10(7-13)12(17-11)15-2-4-16-5-3-15/h8-9H,2-6H2,1H3. The molecule has 90 valence electrons. The molecule has 2 heterocycles. The van der Waals surface area contributed by atoms with Crippen molar-refractivity contribution in [2.24, 2.45) is 5.92 Å². The Hall–Kier alpha value is -1.54. The summed E-state index contributed by atoms with van der Waals surface area (Å²) in [6, 6.07) is 2.12. The third kappa shape index (κ3) is 1.89. The highest BCUT2D eigenvalue weighted by Gasteiger charge is 2.39. The molecule has 0 amide bonds. The number of hydrogen-bond donors (Lipinski definition) is 0. The van der Waals surface area contributed by atoms with Gasteiger partial charge in [0.25, 0.3) is 0 Å². The van der Waals surface area contributed by atoms with E-state index in [2.05, 4.69) is 18.0 Å². The summed E-state index contributed by atoms with van der Waals surface area (Å²) in [5, 5.41) is 9.10. The van der Waals surface area contributed by atoms with Gasteiger partial charge in [-0.15, -0.1) is 0 Å². The average Bonchev–Trinajstić information content (AvgIpc) is 2.95. The summed E-state index contributed by atoms with van der Waals surface area (Å²) >= 11 is 0. The lowest BCUT2D eigenvalue weighted by molar-refractivity contribution is 0.120. The van der Waals surface area contributed by atoms with Gasteiger partial charge in [-0.05, 0) is 12.3 Å². The fraction of sp³-hybridized carbons (Fsp3) is 0.667. The van der Waals surface area contributed by atoms with Crippen LogP contribution in [0, 0.1) is 17.2 Å². The van der Waals surface area contributed by atoms with Crippen molar-refractivity contribution in [2.45, 2.75) is 19.3 Å². The molecule has 1 aromatic heterocycles. The number of ether oxygens (including phenoxy) is 1. The van der Waals surface area contributed by atoms with E-state index in [1.165, 1.54) is 0 Å². The number of nitriles is 1. The summed E-state index contributed by atoms with van der Waals surface area (Å²) in [4.78, 5) is 6.35. The lowest BCUT2D eigenvalue weighted by Gasteiger charge is -2.25. The third-order valence-corrected chi connectivity index (χ3v) is 3.46. The summed E-state index contributed by atoms with van der Waals surface area (Å²) in [6.07, 6.45) is 1.12. The Morgan fingerprint density at radius 3 is 2.71 bits per heavy atom. The van der Waals surface area contributed by atoms with Crippen LogP contribution in [0.5, 0.6) is 0 Å². The van der Waals surface area contributed by atoms with Gasteiger partial charge in [0.2, 0.25) is 17.5 Å². The van der Waals surface area contributed by atoms with E-state index in [0.717, 1.165) is 25.4 Å². The molecule has 17 heavy (non-hydrogen) atoms. The van der Waals surface area contributed by atoms with E-state index in [1.54, 1.807) is 0 Å². The summed E-state index contributed by atoms with van der Waals surface area (Å²) < 4.78 is 11.1. The monoisotopic (exact) mass is 233 g/mol. The Balaban J connectivity index is 1.87. The van der Waals surface area contributed by atoms with E-state index in [0.29, 0.717) is 36.6 Å². The highest BCUT2D eigenvalue weighted by molar-refractivity contribution is 5.48. The van der Waals surface area contributed by atoms with Crippen LogP contribution in [0.2, 0.25) is 0 Å².